The molecule has 6 nitrogen and oxygen atoms in total. The molecule has 24 heavy (non-hydrogen) atoms. The molecule has 0 spiro atoms. The Balaban J connectivity index is 1.84. The van der Waals surface area contributed by atoms with Crippen LogP contribution in [0, 0.1) is 6.92 Å². The van der Waals surface area contributed by atoms with E-state index < -0.39 is 0 Å². The van der Waals surface area contributed by atoms with E-state index in [1.807, 2.05) is 32.0 Å². The normalized spacial score (nSPS) is 14.3. The molecule has 0 bridgehead atoms. The van der Waals surface area contributed by atoms with Gasteiger partial charge in [-0.25, -0.2) is 4.98 Å². The third-order valence-electron chi connectivity index (χ3n) is 4.23. The SMILES string of the molecule is CCOc1c(CN2CCc3nc(C)[nH]c(=O)c3C2)cccc1OC. The van der Waals surface area contributed by atoms with Crippen LogP contribution >= 0.6 is 0 Å². The lowest BCUT2D eigenvalue weighted by Gasteiger charge is -2.28. The lowest BCUT2D eigenvalue weighted by molar-refractivity contribution is 0.233. The number of nitrogens with one attached hydrogen (secondary N) is 1. The number of hydrogen-bond donors (Lipinski definition) is 1. The summed E-state index contributed by atoms with van der Waals surface area (Å²) in [5.74, 6) is 2.20. The molecule has 0 amide bonds. The van der Waals surface area contributed by atoms with E-state index in [4.69, 9.17) is 9.47 Å². The summed E-state index contributed by atoms with van der Waals surface area (Å²) in [4.78, 5) is 21.7. The van der Waals surface area contributed by atoms with Crippen LogP contribution in [-0.2, 0) is 19.5 Å². The Hall–Kier alpha value is -2.34. The number of para-hydroxylation sites is 1. The van der Waals surface area contributed by atoms with Crippen molar-refractivity contribution >= 4 is 0 Å². The van der Waals surface area contributed by atoms with Crippen molar-refractivity contribution in [3.05, 3.63) is 51.2 Å². The summed E-state index contributed by atoms with van der Waals surface area (Å²) in [6.07, 6.45) is 0.786. The Morgan fingerprint density at radius 2 is 2.21 bits per heavy atom. The van der Waals surface area contributed by atoms with E-state index >= 15 is 0 Å². The van der Waals surface area contributed by atoms with Crippen LogP contribution in [0.25, 0.3) is 0 Å². The molecule has 0 atom stereocenters. The quantitative estimate of drug-likeness (QED) is 0.909. The molecular weight excluding hydrogens is 306 g/mol. The number of aromatic nitrogens is 2. The maximum Gasteiger partial charge on any atom is 0.255 e. The number of H-pyrrole nitrogens is 1. The second-order valence-corrected chi connectivity index (χ2v) is 5.92. The Morgan fingerprint density at radius 1 is 1.38 bits per heavy atom. The summed E-state index contributed by atoms with van der Waals surface area (Å²) in [5, 5.41) is 0. The van der Waals surface area contributed by atoms with Gasteiger partial charge in [0.1, 0.15) is 5.82 Å². The van der Waals surface area contributed by atoms with Gasteiger partial charge in [0.15, 0.2) is 11.5 Å². The number of methoxy groups -OCH3 is 1. The summed E-state index contributed by atoms with van der Waals surface area (Å²) < 4.78 is 11.2. The topological polar surface area (TPSA) is 67.5 Å². The van der Waals surface area contributed by atoms with Gasteiger partial charge in [0.05, 0.1) is 25.0 Å². The van der Waals surface area contributed by atoms with Gasteiger partial charge >= 0.3 is 0 Å². The number of aryl methyl sites for hydroxylation is 1. The van der Waals surface area contributed by atoms with Crippen LogP contribution in [0.4, 0.5) is 0 Å². The third kappa shape index (κ3) is 3.28. The first kappa shape index (κ1) is 16.5. The van der Waals surface area contributed by atoms with Gasteiger partial charge in [0, 0.05) is 31.6 Å². The van der Waals surface area contributed by atoms with E-state index in [0.29, 0.717) is 25.5 Å². The van der Waals surface area contributed by atoms with Crippen LogP contribution in [0.3, 0.4) is 0 Å². The van der Waals surface area contributed by atoms with Crippen LogP contribution in [0.2, 0.25) is 0 Å². The van der Waals surface area contributed by atoms with E-state index in [0.717, 1.165) is 41.3 Å². The maximum atomic E-state index is 12.2. The predicted molar refractivity (Wildman–Crippen MR) is 91.6 cm³/mol. The van der Waals surface area contributed by atoms with Gasteiger partial charge in [0.25, 0.3) is 5.56 Å². The zero-order valence-corrected chi connectivity index (χ0v) is 14.4. The van der Waals surface area contributed by atoms with Crippen molar-refractivity contribution in [1.82, 2.24) is 14.9 Å². The standard InChI is InChI=1S/C18H23N3O3/c1-4-24-17-13(6-5-7-16(17)23-3)10-21-9-8-15-14(11-21)18(22)20-12(2)19-15/h5-7H,4,8-11H2,1-3H3,(H,19,20,22). The van der Waals surface area contributed by atoms with E-state index in [1.54, 1.807) is 7.11 Å². The second kappa shape index (κ2) is 7.05. The summed E-state index contributed by atoms with van der Waals surface area (Å²) >= 11 is 0. The molecule has 1 aliphatic heterocycles. The van der Waals surface area contributed by atoms with Gasteiger partial charge in [-0.05, 0) is 19.9 Å². The molecule has 6 heteroatoms. The van der Waals surface area contributed by atoms with E-state index in [-0.39, 0.29) is 5.56 Å². The predicted octanol–water partition coefficient (Wildman–Crippen LogP) is 2.04. The summed E-state index contributed by atoms with van der Waals surface area (Å²) in [6, 6.07) is 5.91. The molecule has 0 unspecified atom stereocenters. The zero-order chi connectivity index (χ0) is 17.1. The number of ether oxygens (including phenoxy) is 2. The van der Waals surface area contributed by atoms with Gasteiger partial charge in [-0.15, -0.1) is 0 Å². The van der Waals surface area contributed by atoms with Crippen molar-refractivity contribution in [2.75, 3.05) is 20.3 Å². The number of fused-ring (bicyclic) bond motifs is 1. The average molecular weight is 329 g/mol. The fourth-order valence-corrected chi connectivity index (χ4v) is 3.14. The molecule has 0 aliphatic carbocycles. The van der Waals surface area contributed by atoms with Gasteiger partial charge in [-0.1, -0.05) is 12.1 Å². The fourth-order valence-electron chi connectivity index (χ4n) is 3.14. The molecule has 1 aromatic heterocycles. The fraction of sp³-hybridized carbons (Fsp3) is 0.444. The number of hydrogen-bond acceptors (Lipinski definition) is 5. The summed E-state index contributed by atoms with van der Waals surface area (Å²) in [6.45, 7) is 6.53. The zero-order valence-electron chi connectivity index (χ0n) is 14.4. The third-order valence-corrected chi connectivity index (χ3v) is 4.23. The molecular formula is C18H23N3O3. The lowest BCUT2D eigenvalue weighted by atomic mass is 10.1. The summed E-state index contributed by atoms with van der Waals surface area (Å²) in [5.41, 5.74) is 2.73. The molecule has 3 rings (SSSR count). The van der Waals surface area contributed by atoms with Gasteiger partial charge in [0.2, 0.25) is 0 Å². The first-order valence-electron chi connectivity index (χ1n) is 8.22. The molecule has 128 valence electrons. The van der Waals surface area contributed by atoms with Crippen molar-refractivity contribution in [3.63, 3.8) is 0 Å². The highest BCUT2D eigenvalue weighted by Gasteiger charge is 2.22. The minimum atomic E-state index is -0.0297. The highest BCUT2D eigenvalue weighted by Crippen LogP contribution is 2.32. The van der Waals surface area contributed by atoms with Crippen LogP contribution < -0.4 is 15.0 Å². The molecule has 0 fully saturated rings. The first-order chi connectivity index (χ1) is 11.6. The largest absolute Gasteiger partial charge is 0.493 e. The van der Waals surface area contributed by atoms with Gasteiger partial charge in [-0.2, -0.15) is 0 Å². The first-order valence-corrected chi connectivity index (χ1v) is 8.22. The molecule has 2 heterocycles. The molecule has 1 N–H and O–H groups in total. The smallest absolute Gasteiger partial charge is 0.255 e. The van der Waals surface area contributed by atoms with Crippen molar-refractivity contribution in [3.8, 4) is 11.5 Å². The van der Waals surface area contributed by atoms with Gasteiger partial charge in [-0.3, -0.25) is 9.69 Å². The Kier molecular flexibility index (Phi) is 4.85. The van der Waals surface area contributed by atoms with Crippen LogP contribution in [0.15, 0.2) is 23.0 Å². The Bertz CT molecular complexity index is 786. The molecule has 0 saturated carbocycles. The summed E-state index contributed by atoms with van der Waals surface area (Å²) in [7, 11) is 1.65. The number of benzene rings is 1. The molecule has 1 aromatic carbocycles. The molecule has 0 radical (unpaired) electrons. The molecule has 1 aliphatic rings. The minimum absolute atomic E-state index is 0.0297. The molecule has 2 aromatic rings. The number of nitrogens with zero attached hydrogens (tertiary/aromatic N) is 2. The van der Waals surface area contributed by atoms with E-state index in [2.05, 4.69) is 14.9 Å². The molecule has 0 saturated heterocycles. The van der Waals surface area contributed by atoms with Crippen molar-refractivity contribution in [1.29, 1.82) is 0 Å². The van der Waals surface area contributed by atoms with Crippen LogP contribution in [0.5, 0.6) is 11.5 Å². The maximum absolute atomic E-state index is 12.2. The van der Waals surface area contributed by atoms with Crippen molar-refractivity contribution in [2.45, 2.75) is 33.4 Å². The van der Waals surface area contributed by atoms with Crippen LogP contribution in [0.1, 0.15) is 29.6 Å². The number of aromatic amines is 1. The van der Waals surface area contributed by atoms with E-state index in [1.165, 1.54) is 0 Å². The highest BCUT2D eigenvalue weighted by atomic mass is 16.5. The monoisotopic (exact) mass is 329 g/mol. The second-order valence-electron chi connectivity index (χ2n) is 5.92. The van der Waals surface area contributed by atoms with E-state index in [9.17, 15) is 4.79 Å². The highest BCUT2D eigenvalue weighted by molar-refractivity contribution is 5.46. The van der Waals surface area contributed by atoms with Crippen molar-refractivity contribution < 1.29 is 9.47 Å². The van der Waals surface area contributed by atoms with Crippen molar-refractivity contribution in [2.24, 2.45) is 0 Å². The minimum Gasteiger partial charge on any atom is -0.493 e. The Labute approximate surface area is 141 Å². The van der Waals surface area contributed by atoms with Crippen LogP contribution in [-0.4, -0.2) is 35.1 Å². The Morgan fingerprint density at radius 3 is 2.96 bits per heavy atom. The average Bonchev–Trinajstić information content (AvgIpc) is 2.57. The van der Waals surface area contributed by atoms with Gasteiger partial charge < -0.3 is 14.5 Å². The lowest BCUT2D eigenvalue weighted by Crippen LogP contribution is -2.35. The number of rotatable bonds is 5.